The van der Waals surface area contributed by atoms with Gasteiger partial charge in [0, 0.05) is 23.1 Å². The summed E-state index contributed by atoms with van der Waals surface area (Å²) < 4.78 is 3.11. The average Bonchev–Trinajstić information content (AvgIpc) is 3.03. The summed E-state index contributed by atoms with van der Waals surface area (Å²) in [5, 5.41) is 12.4. The van der Waals surface area contributed by atoms with Crippen LogP contribution in [0.4, 0.5) is 5.69 Å². The van der Waals surface area contributed by atoms with Crippen molar-refractivity contribution in [2.75, 3.05) is 11.1 Å². The smallest absolute Gasteiger partial charge is 0.234 e. The first-order valence-electron chi connectivity index (χ1n) is 9.15. The molecule has 5 nitrogen and oxygen atoms in total. The van der Waals surface area contributed by atoms with Gasteiger partial charge in [-0.05, 0) is 35.7 Å². The number of nitrogens with zero attached hydrogens (tertiary/aromatic N) is 3. The minimum Gasteiger partial charge on any atom is -0.325 e. The van der Waals surface area contributed by atoms with Gasteiger partial charge in [0.25, 0.3) is 0 Å². The zero-order valence-corrected chi connectivity index (χ0v) is 18.3. The maximum atomic E-state index is 12.3. The highest BCUT2D eigenvalue weighted by Gasteiger charge is 2.15. The molecule has 1 aromatic heterocycles. The van der Waals surface area contributed by atoms with E-state index in [2.05, 4.69) is 62.0 Å². The fraction of sp³-hybridized carbons (Fsp3) is 0.286. The number of aromatic nitrogens is 3. The van der Waals surface area contributed by atoms with Gasteiger partial charge in [0.2, 0.25) is 5.91 Å². The Labute approximate surface area is 178 Å². The van der Waals surface area contributed by atoms with Crippen LogP contribution < -0.4 is 5.32 Å². The van der Waals surface area contributed by atoms with Gasteiger partial charge in [-0.3, -0.25) is 4.79 Å². The minimum atomic E-state index is -0.0592. The predicted octanol–water partition coefficient (Wildman–Crippen LogP) is 5.02. The SMILES string of the molecule is CC(C)Cn1c(Cc2ccccc2)nnc1SCC(=O)Nc1ccc(Br)cc1. The third-order valence-electron chi connectivity index (χ3n) is 4.01. The Morgan fingerprint density at radius 1 is 1.11 bits per heavy atom. The van der Waals surface area contributed by atoms with Gasteiger partial charge in [0.15, 0.2) is 5.16 Å². The third-order valence-corrected chi connectivity index (χ3v) is 5.50. The third kappa shape index (κ3) is 5.94. The van der Waals surface area contributed by atoms with Crippen molar-refractivity contribution < 1.29 is 4.79 Å². The van der Waals surface area contributed by atoms with Crippen LogP contribution in [0.15, 0.2) is 64.2 Å². The molecule has 0 saturated heterocycles. The van der Waals surface area contributed by atoms with E-state index >= 15 is 0 Å². The van der Waals surface area contributed by atoms with E-state index in [9.17, 15) is 4.79 Å². The molecule has 7 heteroatoms. The van der Waals surface area contributed by atoms with Crippen molar-refractivity contribution in [1.82, 2.24) is 14.8 Å². The zero-order chi connectivity index (χ0) is 19.9. The number of hydrogen-bond donors (Lipinski definition) is 1. The topological polar surface area (TPSA) is 59.8 Å². The summed E-state index contributed by atoms with van der Waals surface area (Å²) in [6.07, 6.45) is 0.728. The molecule has 0 atom stereocenters. The molecule has 0 bridgehead atoms. The number of anilines is 1. The van der Waals surface area contributed by atoms with Crippen molar-refractivity contribution in [2.24, 2.45) is 5.92 Å². The van der Waals surface area contributed by atoms with Gasteiger partial charge in [-0.25, -0.2) is 0 Å². The second-order valence-electron chi connectivity index (χ2n) is 6.91. The predicted molar refractivity (Wildman–Crippen MR) is 118 cm³/mol. The fourth-order valence-corrected chi connectivity index (χ4v) is 3.77. The van der Waals surface area contributed by atoms with Crippen molar-refractivity contribution in [3.8, 4) is 0 Å². The van der Waals surface area contributed by atoms with Gasteiger partial charge in [0.1, 0.15) is 5.82 Å². The van der Waals surface area contributed by atoms with Crippen LogP contribution in [-0.2, 0) is 17.8 Å². The molecular weight excluding hydrogens is 436 g/mol. The molecule has 0 spiro atoms. The van der Waals surface area contributed by atoms with E-state index in [0.717, 1.165) is 34.1 Å². The molecule has 1 heterocycles. The van der Waals surface area contributed by atoms with Gasteiger partial charge in [0.05, 0.1) is 5.75 Å². The van der Waals surface area contributed by atoms with Gasteiger partial charge in [-0.1, -0.05) is 71.9 Å². The highest BCUT2D eigenvalue weighted by atomic mass is 79.9. The standard InChI is InChI=1S/C21H23BrN4OS/c1-15(2)13-26-19(12-16-6-4-3-5-7-16)24-25-21(26)28-14-20(27)23-18-10-8-17(22)9-11-18/h3-11,15H,12-14H2,1-2H3,(H,23,27). The Kier molecular flexibility index (Phi) is 7.28. The van der Waals surface area contributed by atoms with Gasteiger partial charge in [-0.15, -0.1) is 10.2 Å². The van der Waals surface area contributed by atoms with Crippen molar-refractivity contribution in [3.63, 3.8) is 0 Å². The lowest BCUT2D eigenvalue weighted by molar-refractivity contribution is -0.113. The fourth-order valence-electron chi connectivity index (χ4n) is 2.74. The number of halogens is 1. The summed E-state index contributed by atoms with van der Waals surface area (Å²) in [7, 11) is 0. The quantitative estimate of drug-likeness (QED) is 0.481. The number of benzene rings is 2. The molecule has 28 heavy (non-hydrogen) atoms. The normalized spacial score (nSPS) is 11.0. The maximum absolute atomic E-state index is 12.3. The number of hydrogen-bond acceptors (Lipinski definition) is 4. The Balaban J connectivity index is 1.66. The average molecular weight is 459 g/mol. The summed E-state index contributed by atoms with van der Waals surface area (Å²) >= 11 is 4.81. The zero-order valence-electron chi connectivity index (χ0n) is 15.9. The van der Waals surface area contributed by atoms with Crippen LogP contribution in [0.5, 0.6) is 0 Å². The summed E-state index contributed by atoms with van der Waals surface area (Å²) in [4.78, 5) is 12.3. The largest absolute Gasteiger partial charge is 0.325 e. The second-order valence-corrected chi connectivity index (χ2v) is 8.77. The van der Waals surface area contributed by atoms with E-state index in [1.165, 1.54) is 17.3 Å². The Bertz CT molecular complexity index is 910. The van der Waals surface area contributed by atoms with Gasteiger partial charge >= 0.3 is 0 Å². The molecule has 3 aromatic rings. The molecule has 0 radical (unpaired) electrons. The number of carbonyl (C=O) groups excluding carboxylic acids is 1. The molecule has 0 aliphatic carbocycles. The summed E-state index contributed by atoms with van der Waals surface area (Å²) in [6, 6.07) is 17.8. The van der Waals surface area contributed by atoms with Crippen LogP contribution in [0, 0.1) is 5.92 Å². The summed E-state index contributed by atoms with van der Waals surface area (Å²) in [5.74, 6) is 1.62. The molecular formula is C21H23BrN4OS. The van der Waals surface area contributed by atoms with Gasteiger partial charge in [-0.2, -0.15) is 0 Å². The summed E-state index contributed by atoms with van der Waals surface area (Å²) in [5.41, 5.74) is 1.98. The minimum absolute atomic E-state index is 0.0592. The number of nitrogens with one attached hydrogen (secondary N) is 1. The molecule has 0 aliphatic rings. The van der Waals surface area contributed by atoms with Crippen molar-refractivity contribution >= 4 is 39.3 Å². The Hall–Kier alpha value is -2.12. The molecule has 146 valence electrons. The lowest BCUT2D eigenvalue weighted by Crippen LogP contribution is -2.15. The van der Waals surface area contributed by atoms with Crippen molar-refractivity contribution in [2.45, 2.75) is 32.0 Å². The molecule has 0 fully saturated rings. The Morgan fingerprint density at radius 2 is 1.82 bits per heavy atom. The molecule has 0 aliphatic heterocycles. The first-order valence-corrected chi connectivity index (χ1v) is 10.9. The molecule has 0 saturated carbocycles. The van der Waals surface area contributed by atoms with Crippen LogP contribution in [-0.4, -0.2) is 26.4 Å². The number of carbonyl (C=O) groups is 1. The highest BCUT2D eigenvalue weighted by Crippen LogP contribution is 2.21. The molecule has 0 unspecified atom stereocenters. The lowest BCUT2D eigenvalue weighted by Gasteiger charge is -2.12. The van der Waals surface area contributed by atoms with E-state index in [1.807, 2.05) is 42.5 Å². The van der Waals surface area contributed by atoms with Crippen LogP contribution in [0.2, 0.25) is 0 Å². The van der Waals surface area contributed by atoms with Crippen molar-refractivity contribution in [1.29, 1.82) is 0 Å². The summed E-state index contributed by atoms with van der Waals surface area (Å²) in [6.45, 7) is 5.16. The van der Waals surface area contributed by atoms with E-state index in [-0.39, 0.29) is 11.7 Å². The van der Waals surface area contributed by atoms with Crippen LogP contribution in [0.25, 0.3) is 0 Å². The van der Waals surface area contributed by atoms with E-state index in [1.54, 1.807) is 0 Å². The highest BCUT2D eigenvalue weighted by molar-refractivity contribution is 9.10. The van der Waals surface area contributed by atoms with Gasteiger partial charge < -0.3 is 9.88 Å². The van der Waals surface area contributed by atoms with E-state index < -0.39 is 0 Å². The van der Waals surface area contributed by atoms with Crippen LogP contribution >= 0.6 is 27.7 Å². The number of amides is 1. The first kappa shape index (κ1) is 20.6. The maximum Gasteiger partial charge on any atom is 0.234 e. The monoisotopic (exact) mass is 458 g/mol. The van der Waals surface area contributed by atoms with E-state index in [4.69, 9.17) is 0 Å². The Morgan fingerprint density at radius 3 is 2.50 bits per heavy atom. The molecule has 1 N–H and O–H groups in total. The second kappa shape index (κ2) is 9.89. The van der Waals surface area contributed by atoms with E-state index in [0.29, 0.717) is 5.92 Å². The first-order chi connectivity index (χ1) is 13.5. The van der Waals surface area contributed by atoms with Crippen LogP contribution in [0.3, 0.4) is 0 Å². The van der Waals surface area contributed by atoms with Crippen LogP contribution in [0.1, 0.15) is 25.2 Å². The molecule has 1 amide bonds. The number of thioether (sulfide) groups is 1. The molecule has 3 rings (SSSR count). The molecule has 2 aromatic carbocycles. The number of rotatable bonds is 8. The lowest BCUT2D eigenvalue weighted by atomic mass is 10.1. The van der Waals surface area contributed by atoms with Crippen molar-refractivity contribution in [3.05, 3.63) is 70.5 Å².